The Bertz CT molecular complexity index is 839. The molecule has 3 rings (SSSR count). The average molecular weight is 390 g/mol. The summed E-state index contributed by atoms with van der Waals surface area (Å²) in [5.74, 6) is 0. The van der Waals surface area contributed by atoms with Crippen LogP contribution >= 0.6 is 0 Å². The molecule has 0 amide bonds. The lowest BCUT2D eigenvalue weighted by Crippen LogP contribution is -2.40. The molecule has 27 heavy (non-hydrogen) atoms. The fourth-order valence-corrected chi connectivity index (χ4v) is 4.85. The van der Waals surface area contributed by atoms with Crippen LogP contribution in [0.5, 0.6) is 0 Å². The van der Waals surface area contributed by atoms with E-state index in [1.54, 1.807) is 12.1 Å². The minimum Gasteiger partial charge on any atom is -0.378 e. The Morgan fingerprint density at radius 3 is 2.41 bits per heavy atom. The van der Waals surface area contributed by atoms with E-state index >= 15 is 0 Å². The molecular weight excluding hydrogens is 362 g/mol. The fourth-order valence-electron chi connectivity index (χ4n) is 3.34. The Hall–Kier alpha value is -1.93. The molecular formula is C20H27N3O3S. The summed E-state index contributed by atoms with van der Waals surface area (Å²) in [6.45, 7) is 0.524. The molecule has 2 atom stereocenters. The van der Waals surface area contributed by atoms with E-state index in [0.717, 1.165) is 16.8 Å². The number of anilines is 1. The van der Waals surface area contributed by atoms with Crippen molar-refractivity contribution < 1.29 is 13.3 Å². The summed E-state index contributed by atoms with van der Waals surface area (Å²) >= 11 is 0. The zero-order valence-electron chi connectivity index (χ0n) is 16.0. The number of hydroxylamine groups is 2. The third-order valence-corrected chi connectivity index (χ3v) is 6.69. The first-order valence-electron chi connectivity index (χ1n) is 9.04. The lowest BCUT2D eigenvalue weighted by Gasteiger charge is -2.24. The first-order valence-corrected chi connectivity index (χ1v) is 10.6. The largest absolute Gasteiger partial charge is 0.378 e. The molecule has 0 aromatic heterocycles. The molecule has 1 fully saturated rings. The van der Waals surface area contributed by atoms with Crippen LogP contribution in [0.2, 0.25) is 0 Å². The van der Waals surface area contributed by atoms with Gasteiger partial charge < -0.3 is 4.90 Å². The second-order valence-corrected chi connectivity index (χ2v) is 8.97. The van der Waals surface area contributed by atoms with Crippen LogP contribution in [-0.4, -0.2) is 53.0 Å². The van der Waals surface area contributed by atoms with Crippen molar-refractivity contribution in [3.63, 3.8) is 0 Å². The summed E-state index contributed by atoms with van der Waals surface area (Å²) in [5, 5.41) is 0.995. The van der Waals surface area contributed by atoms with Crippen molar-refractivity contribution in [2.75, 3.05) is 39.2 Å². The quantitative estimate of drug-likeness (QED) is 0.787. The van der Waals surface area contributed by atoms with Gasteiger partial charge in [-0.1, -0.05) is 42.5 Å². The lowest BCUT2D eigenvalue weighted by atomic mass is 10.0. The number of rotatable bonds is 7. The molecule has 0 aliphatic carbocycles. The topological polar surface area (TPSA) is 61.9 Å². The van der Waals surface area contributed by atoms with Crippen molar-refractivity contribution in [3.05, 3.63) is 65.7 Å². The molecule has 2 aromatic carbocycles. The standard InChI is InChI=1S/C20H27N3O3S/c1-22(2)18-11-9-17(10-12-18)20-19(15-26-23(20)3)27(24,25)21-14-13-16-7-5-4-6-8-16/h4-12,19-21H,13-15H2,1-3H3/t19-,20+/m1/s1. The second-order valence-electron chi connectivity index (χ2n) is 6.99. The predicted octanol–water partition coefficient (Wildman–Crippen LogP) is 2.20. The third kappa shape index (κ3) is 4.68. The first kappa shape index (κ1) is 19.8. The van der Waals surface area contributed by atoms with E-state index in [-0.39, 0.29) is 12.6 Å². The summed E-state index contributed by atoms with van der Waals surface area (Å²) in [7, 11) is 2.22. The molecule has 1 N–H and O–H groups in total. The smallest absolute Gasteiger partial charge is 0.218 e. The highest BCUT2D eigenvalue weighted by Gasteiger charge is 2.42. The maximum absolute atomic E-state index is 12.9. The summed E-state index contributed by atoms with van der Waals surface area (Å²) < 4.78 is 28.6. The van der Waals surface area contributed by atoms with Crippen molar-refractivity contribution in [2.24, 2.45) is 0 Å². The monoisotopic (exact) mass is 389 g/mol. The molecule has 1 aliphatic heterocycles. The van der Waals surface area contributed by atoms with Gasteiger partial charge in [0.25, 0.3) is 0 Å². The van der Waals surface area contributed by atoms with Crippen molar-refractivity contribution in [1.29, 1.82) is 0 Å². The normalized spacial score (nSPS) is 20.7. The third-order valence-electron chi connectivity index (χ3n) is 4.90. The molecule has 1 saturated heterocycles. The molecule has 0 saturated carbocycles. The zero-order chi connectivity index (χ0) is 19.4. The Morgan fingerprint density at radius 2 is 1.78 bits per heavy atom. The van der Waals surface area contributed by atoms with E-state index in [1.165, 1.54) is 0 Å². The van der Waals surface area contributed by atoms with Crippen molar-refractivity contribution >= 4 is 15.7 Å². The maximum atomic E-state index is 12.9. The SMILES string of the molecule is CN(C)c1ccc([C@H]2[C@H](S(=O)(=O)NCCc3ccccc3)CON2C)cc1. The zero-order valence-corrected chi connectivity index (χ0v) is 16.8. The number of nitrogens with zero attached hydrogens (tertiary/aromatic N) is 2. The van der Waals surface area contributed by atoms with Crippen LogP contribution < -0.4 is 9.62 Å². The molecule has 1 heterocycles. The second kappa shape index (κ2) is 8.39. The molecule has 7 heteroatoms. The number of benzene rings is 2. The van der Waals surface area contributed by atoms with Crippen LogP contribution in [0.4, 0.5) is 5.69 Å². The first-order chi connectivity index (χ1) is 12.9. The minimum absolute atomic E-state index is 0.150. The minimum atomic E-state index is -3.51. The van der Waals surface area contributed by atoms with Crippen LogP contribution in [0.3, 0.4) is 0 Å². The molecule has 0 spiro atoms. The van der Waals surface area contributed by atoms with Gasteiger partial charge in [0.2, 0.25) is 10.0 Å². The predicted molar refractivity (Wildman–Crippen MR) is 108 cm³/mol. The van der Waals surface area contributed by atoms with Gasteiger partial charge in [0.15, 0.2) is 0 Å². The van der Waals surface area contributed by atoms with E-state index in [9.17, 15) is 8.42 Å². The lowest BCUT2D eigenvalue weighted by molar-refractivity contribution is -0.110. The highest BCUT2D eigenvalue weighted by Crippen LogP contribution is 2.33. The Balaban J connectivity index is 1.71. The molecule has 6 nitrogen and oxygen atoms in total. The molecule has 0 bridgehead atoms. The fraction of sp³-hybridized carbons (Fsp3) is 0.400. The van der Waals surface area contributed by atoms with Gasteiger partial charge in [0, 0.05) is 33.4 Å². The van der Waals surface area contributed by atoms with Gasteiger partial charge in [-0.2, -0.15) is 5.06 Å². The van der Waals surface area contributed by atoms with Crippen molar-refractivity contribution in [1.82, 2.24) is 9.79 Å². The number of hydrogen-bond donors (Lipinski definition) is 1. The summed E-state index contributed by atoms with van der Waals surface area (Å²) in [6.07, 6.45) is 0.658. The molecule has 2 aromatic rings. The van der Waals surface area contributed by atoms with Gasteiger partial charge in [0.1, 0.15) is 5.25 Å². The Morgan fingerprint density at radius 1 is 1.11 bits per heavy atom. The van der Waals surface area contributed by atoms with Gasteiger partial charge >= 0.3 is 0 Å². The Kier molecular flexibility index (Phi) is 6.16. The van der Waals surface area contributed by atoms with Crippen LogP contribution in [0, 0.1) is 0 Å². The van der Waals surface area contributed by atoms with E-state index in [2.05, 4.69) is 4.72 Å². The van der Waals surface area contributed by atoms with Crippen LogP contribution in [-0.2, 0) is 21.3 Å². The van der Waals surface area contributed by atoms with E-state index in [1.807, 2.05) is 73.6 Å². The van der Waals surface area contributed by atoms with E-state index in [4.69, 9.17) is 4.84 Å². The van der Waals surface area contributed by atoms with E-state index < -0.39 is 15.3 Å². The van der Waals surface area contributed by atoms with Crippen molar-refractivity contribution in [3.8, 4) is 0 Å². The molecule has 0 radical (unpaired) electrons. The molecule has 0 unspecified atom stereocenters. The van der Waals surface area contributed by atoms with Gasteiger partial charge in [-0.25, -0.2) is 13.1 Å². The maximum Gasteiger partial charge on any atom is 0.218 e. The van der Waals surface area contributed by atoms with Gasteiger partial charge in [-0.15, -0.1) is 0 Å². The van der Waals surface area contributed by atoms with Gasteiger partial charge in [-0.3, -0.25) is 4.84 Å². The van der Waals surface area contributed by atoms with Gasteiger partial charge in [-0.05, 0) is 29.7 Å². The molecule has 146 valence electrons. The summed E-state index contributed by atoms with van der Waals surface area (Å²) in [5.41, 5.74) is 3.11. The van der Waals surface area contributed by atoms with Crippen LogP contribution in [0.25, 0.3) is 0 Å². The number of nitrogens with one attached hydrogen (secondary N) is 1. The van der Waals surface area contributed by atoms with E-state index in [0.29, 0.717) is 13.0 Å². The van der Waals surface area contributed by atoms with Crippen LogP contribution in [0.15, 0.2) is 54.6 Å². The molecule has 1 aliphatic rings. The van der Waals surface area contributed by atoms with Crippen molar-refractivity contribution in [2.45, 2.75) is 17.7 Å². The highest BCUT2D eigenvalue weighted by atomic mass is 32.2. The summed E-state index contributed by atoms with van der Waals surface area (Å²) in [6, 6.07) is 17.4. The number of sulfonamides is 1. The van der Waals surface area contributed by atoms with Gasteiger partial charge in [0.05, 0.1) is 12.6 Å². The van der Waals surface area contributed by atoms with Crippen LogP contribution in [0.1, 0.15) is 17.2 Å². The average Bonchev–Trinajstić information content (AvgIpc) is 3.05. The Labute approximate surface area is 161 Å². The highest BCUT2D eigenvalue weighted by molar-refractivity contribution is 7.90. The summed E-state index contributed by atoms with van der Waals surface area (Å²) in [4.78, 5) is 7.58. The number of hydrogen-bond acceptors (Lipinski definition) is 5.